The number of nitrogens with zero attached hydrogens (tertiary/aromatic N) is 2. The standard InChI is InChI=1S/C10H17N3O/c1-7-9(11)10(12-13(7)2)8-3-5-14-6-4-8/h8H,3-6,11H2,1-2H3. The lowest BCUT2D eigenvalue weighted by molar-refractivity contribution is 0.0845. The van der Waals surface area contributed by atoms with Crippen LogP contribution in [0.2, 0.25) is 0 Å². The predicted molar refractivity (Wildman–Crippen MR) is 55.2 cm³/mol. The molecule has 0 saturated carbocycles. The predicted octanol–water partition coefficient (Wildman–Crippen LogP) is 1.20. The van der Waals surface area contributed by atoms with E-state index in [1.807, 2.05) is 18.7 Å². The minimum Gasteiger partial charge on any atom is -0.396 e. The van der Waals surface area contributed by atoms with Gasteiger partial charge in [-0.15, -0.1) is 0 Å². The second kappa shape index (κ2) is 3.61. The summed E-state index contributed by atoms with van der Waals surface area (Å²) in [5, 5.41) is 4.47. The monoisotopic (exact) mass is 195 g/mol. The zero-order valence-electron chi connectivity index (χ0n) is 8.79. The molecule has 1 aliphatic rings. The Kier molecular flexibility index (Phi) is 2.46. The molecule has 2 rings (SSSR count). The number of anilines is 1. The van der Waals surface area contributed by atoms with Gasteiger partial charge in [-0.2, -0.15) is 5.10 Å². The number of nitrogen functional groups attached to an aromatic ring is 1. The number of aromatic nitrogens is 2. The zero-order chi connectivity index (χ0) is 10.1. The summed E-state index contributed by atoms with van der Waals surface area (Å²) in [5.74, 6) is 0.489. The van der Waals surface area contributed by atoms with Crippen LogP contribution in [0.5, 0.6) is 0 Å². The number of aryl methyl sites for hydroxylation is 1. The van der Waals surface area contributed by atoms with Gasteiger partial charge in [0.05, 0.1) is 17.1 Å². The molecule has 14 heavy (non-hydrogen) atoms. The molecule has 0 aliphatic carbocycles. The summed E-state index contributed by atoms with van der Waals surface area (Å²) in [5.41, 5.74) is 9.00. The van der Waals surface area contributed by atoms with E-state index in [9.17, 15) is 0 Å². The Bertz CT molecular complexity index is 326. The molecule has 78 valence electrons. The van der Waals surface area contributed by atoms with Crippen molar-refractivity contribution in [3.63, 3.8) is 0 Å². The van der Waals surface area contributed by atoms with E-state index in [0.29, 0.717) is 5.92 Å². The van der Waals surface area contributed by atoms with E-state index in [4.69, 9.17) is 10.5 Å². The van der Waals surface area contributed by atoms with Crippen LogP contribution in [0.15, 0.2) is 0 Å². The maximum absolute atomic E-state index is 6.01. The fourth-order valence-corrected chi connectivity index (χ4v) is 1.92. The highest BCUT2D eigenvalue weighted by molar-refractivity contribution is 5.49. The van der Waals surface area contributed by atoms with E-state index in [1.54, 1.807) is 0 Å². The Morgan fingerprint density at radius 3 is 2.57 bits per heavy atom. The summed E-state index contributed by atoms with van der Waals surface area (Å²) in [6.45, 7) is 3.67. The molecule has 1 aromatic heterocycles. The first-order chi connectivity index (χ1) is 6.70. The quantitative estimate of drug-likeness (QED) is 0.732. The Hall–Kier alpha value is -1.03. The maximum Gasteiger partial charge on any atom is 0.0889 e. The number of hydrogen-bond acceptors (Lipinski definition) is 3. The van der Waals surface area contributed by atoms with E-state index in [1.165, 1.54) is 0 Å². The molecule has 0 atom stereocenters. The second-order valence-corrected chi connectivity index (χ2v) is 3.89. The van der Waals surface area contributed by atoms with Crippen LogP contribution in [-0.2, 0) is 11.8 Å². The fraction of sp³-hybridized carbons (Fsp3) is 0.700. The van der Waals surface area contributed by atoms with Gasteiger partial charge in [-0.25, -0.2) is 0 Å². The average Bonchev–Trinajstić information content (AvgIpc) is 2.47. The van der Waals surface area contributed by atoms with Gasteiger partial charge in [-0.05, 0) is 19.8 Å². The summed E-state index contributed by atoms with van der Waals surface area (Å²) in [4.78, 5) is 0. The minimum atomic E-state index is 0.489. The molecule has 1 aliphatic heterocycles. The summed E-state index contributed by atoms with van der Waals surface area (Å²) in [6.07, 6.45) is 2.08. The SMILES string of the molecule is Cc1c(N)c(C2CCOCC2)nn1C. The molecule has 2 N–H and O–H groups in total. The van der Waals surface area contributed by atoms with Crippen molar-refractivity contribution in [2.24, 2.45) is 7.05 Å². The van der Waals surface area contributed by atoms with Crippen molar-refractivity contribution in [1.29, 1.82) is 0 Å². The zero-order valence-corrected chi connectivity index (χ0v) is 8.79. The van der Waals surface area contributed by atoms with Gasteiger partial charge in [0.25, 0.3) is 0 Å². The highest BCUT2D eigenvalue weighted by Gasteiger charge is 2.22. The number of nitrogens with two attached hydrogens (primary N) is 1. The van der Waals surface area contributed by atoms with E-state index >= 15 is 0 Å². The number of rotatable bonds is 1. The highest BCUT2D eigenvalue weighted by Crippen LogP contribution is 2.31. The second-order valence-electron chi connectivity index (χ2n) is 3.89. The molecular formula is C10H17N3O. The number of ether oxygens (including phenoxy) is 1. The Balaban J connectivity index is 2.26. The van der Waals surface area contributed by atoms with Gasteiger partial charge in [0, 0.05) is 26.2 Å². The Morgan fingerprint density at radius 2 is 2.07 bits per heavy atom. The van der Waals surface area contributed by atoms with Gasteiger partial charge in [0.15, 0.2) is 0 Å². The lowest BCUT2D eigenvalue weighted by atomic mass is 9.95. The molecule has 0 aromatic carbocycles. The maximum atomic E-state index is 6.01. The van der Waals surface area contributed by atoms with Crippen molar-refractivity contribution >= 4 is 5.69 Å². The van der Waals surface area contributed by atoms with Crippen molar-refractivity contribution < 1.29 is 4.74 Å². The molecule has 1 fully saturated rings. The van der Waals surface area contributed by atoms with Gasteiger partial charge in [0.1, 0.15) is 0 Å². The van der Waals surface area contributed by atoms with Crippen LogP contribution in [0.3, 0.4) is 0 Å². The Morgan fingerprint density at radius 1 is 1.43 bits per heavy atom. The van der Waals surface area contributed by atoms with Crippen LogP contribution in [0.25, 0.3) is 0 Å². The van der Waals surface area contributed by atoms with E-state index in [0.717, 1.165) is 43.1 Å². The van der Waals surface area contributed by atoms with Crippen LogP contribution in [0, 0.1) is 6.92 Å². The third kappa shape index (κ3) is 1.50. The first-order valence-electron chi connectivity index (χ1n) is 5.07. The number of hydrogen-bond donors (Lipinski definition) is 1. The van der Waals surface area contributed by atoms with Gasteiger partial charge in [-0.3, -0.25) is 4.68 Å². The van der Waals surface area contributed by atoms with Crippen LogP contribution < -0.4 is 5.73 Å². The van der Waals surface area contributed by atoms with Crippen molar-refractivity contribution in [2.45, 2.75) is 25.7 Å². The lowest BCUT2D eigenvalue weighted by Crippen LogP contribution is -2.15. The lowest BCUT2D eigenvalue weighted by Gasteiger charge is -2.20. The third-order valence-electron chi connectivity index (χ3n) is 3.02. The first-order valence-corrected chi connectivity index (χ1v) is 5.07. The summed E-state index contributed by atoms with van der Waals surface area (Å²) in [6, 6.07) is 0. The normalized spacial score (nSPS) is 18.7. The van der Waals surface area contributed by atoms with Crippen molar-refractivity contribution in [3.8, 4) is 0 Å². The fourth-order valence-electron chi connectivity index (χ4n) is 1.92. The smallest absolute Gasteiger partial charge is 0.0889 e. The minimum absolute atomic E-state index is 0.489. The van der Waals surface area contributed by atoms with Crippen molar-refractivity contribution in [1.82, 2.24) is 9.78 Å². The van der Waals surface area contributed by atoms with Crippen LogP contribution in [0.4, 0.5) is 5.69 Å². The third-order valence-corrected chi connectivity index (χ3v) is 3.02. The summed E-state index contributed by atoms with van der Waals surface area (Å²) >= 11 is 0. The molecule has 0 bridgehead atoms. The Labute approximate surface area is 84.0 Å². The van der Waals surface area contributed by atoms with E-state index in [-0.39, 0.29) is 0 Å². The van der Waals surface area contributed by atoms with Gasteiger partial charge in [0.2, 0.25) is 0 Å². The largest absolute Gasteiger partial charge is 0.396 e. The van der Waals surface area contributed by atoms with E-state index in [2.05, 4.69) is 5.10 Å². The van der Waals surface area contributed by atoms with Gasteiger partial charge in [-0.1, -0.05) is 0 Å². The van der Waals surface area contributed by atoms with Crippen molar-refractivity contribution in [3.05, 3.63) is 11.4 Å². The molecule has 0 unspecified atom stereocenters. The molecule has 0 radical (unpaired) electrons. The van der Waals surface area contributed by atoms with Gasteiger partial charge >= 0.3 is 0 Å². The van der Waals surface area contributed by atoms with Crippen LogP contribution in [0.1, 0.15) is 30.1 Å². The van der Waals surface area contributed by atoms with Gasteiger partial charge < -0.3 is 10.5 Å². The molecule has 1 aromatic rings. The molecule has 0 spiro atoms. The van der Waals surface area contributed by atoms with Crippen LogP contribution >= 0.6 is 0 Å². The van der Waals surface area contributed by atoms with E-state index < -0.39 is 0 Å². The van der Waals surface area contributed by atoms with Crippen LogP contribution in [-0.4, -0.2) is 23.0 Å². The first kappa shape index (κ1) is 9.52. The molecule has 0 amide bonds. The van der Waals surface area contributed by atoms with Crippen molar-refractivity contribution in [2.75, 3.05) is 18.9 Å². The molecule has 4 nitrogen and oxygen atoms in total. The molecule has 2 heterocycles. The molecular weight excluding hydrogens is 178 g/mol. The molecule has 4 heteroatoms. The molecule has 1 saturated heterocycles. The summed E-state index contributed by atoms with van der Waals surface area (Å²) in [7, 11) is 1.94. The topological polar surface area (TPSA) is 53.1 Å². The highest BCUT2D eigenvalue weighted by atomic mass is 16.5. The average molecular weight is 195 g/mol. The summed E-state index contributed by atoms with van der Waals surface area (Å²) < 4.78 is 7.18.